The van der Waals surface area contributed by atoms with Gasteiger partial charge in [0.05, 0.1) is 0 Å². The summed E-state index contributed by atoms with van der Waals surface area (Å²) in [5.74, 6) is -1.13. The van der Waals surface area contributed by atoms with E-state index < -0.39 is 23.9 Å². The van der Waals surface area contributed by atoms with Gasteiger partial charge in [0.1, 0.15) is 11.7 Å². The maximum Gasteiger partial charge on any atom is 0.433 e. The first-order valence-electron chi connectivity index (χ1n) is 4.81. The topological polar surface area (TPSA) is 76.2 Å². The van der Waals surface area contributed by atoms with Gasteiger partial charge >= 0.3 is 12.1 Å². The van der Waals surface area contributed by atoms with E-state index in [1.54, 1.807) is 0 Å². The highest BCUT2D eigenvalue weighted by molar-refractivity contribution is 5.73. The van der Waals surface area contributed by atoms with Gasteiger partial charge in [-0.3, -0.25) is 9.78 Å². The van der Waals surface area contributed by atoms with Gasteiger partial charge in [0.2, 0.25) is 0 Å². The Labute approximate surface area is 95.3 Å². The molecule has 1 aromatic rings. The Morgan fingerprint density at radius 3 is 2.53 bits per heavy atom. The van der Waals surface area contributed by atoms with Crippen LogP contribution in [0.25, 0.3) is 0 Å². The van der Waals surface area contributed by atoms with Crippen molar-refractivity contribution in [3.63, 3.8) is 0 Å². The monoisotopic (exact) mass is 248 g/mol. The Hall–Kier alpha value is -1.63. The van der Waals surface area contributed by atoms with Crippen molar-refractivity contribution in [3.05, 3.63) is 29.6 Å². The van der Waals surface area contributed by atoms with E-state index in [0.717, 1.165) is 12.3 Å². The number of aromatic nitrogens is 1. The number of nitrogens with zero attached hydrogens (tertiary/aromatic N) is 1. The highest BCUT2D eigenvalue weighted by atomic mass is 19.4. The van der Waals surface area contributed by atoms with E-state index in [1.165, 1.54) is 6.07 Å². The summed E-state index contributed by atoms with van der Waals surface area (Å²) in [5, 5.41) is 8.52. The zero-order valence-corrected chi connectivity index (χ0v) is 8.74. The van der Waals surface area contributed by atoms with Crippen molar-refractivity contribution in [1.82, 2.24) is 4.98 Å². The molecule has 0 aliphatic heterocycles. The molecule has 0 aliphatic carbocycles. The summed E-state index contributed by atoms with van der Waals surface area (Å²) in [5.41, 5.74) is 4.82. The average Bonchev–Trinajstić information content (AvgIpc) is 2.25. The molecule has 0 saturated carbocycles. The van der Waals surface area contributed by atoms with Gasteiger partial charge in [-0.2, -0.15) is 13.2 Å². The lowest BCUT2D eigenvalue weighted by Gasteiger charge is -2.08. The van der Waals surface area contributed by atoms with Gasteiger partial charge in [-0.15, -0.1) is 0 Å². The summed E-state index contributed by atoms with van der Waals surface area (Å²) in [6.07, 6.45) is -2.95. The number of hydrogen-bond donors (Lipinski definition) is 2. The first-order chi connectivity index (χ1) is 7.80. The summed E-state index contributed by atoms with van der Waals surface area (Å²) >= 11 is 0. The van der Waals surface area contributed by atoms with Gasteiger partial charge in [0, 0.05) is 6.20 Å². The highest BCUT2D eigenvalue weighted by Crippen LogP contribution is 2.27. The van der Waals surface area contributed by atoms with Crippen molar-refractivity contribution < 1.29 is 23.1 Å². The van der Waals surface area contributed by atoms with Crippen LogP contribution in [-0.2, 0) is 17.4 Å². The molecule has 0 fully saturated rings. The smallest absolute Gasteiger partial charge is 0.433 e. The zero-order chi connectivity index (χ0) is 13.1. The minimum Gasteiger partial charge on any atom is -0.480 e. The number of hydrogen-bond acceptors (Lipinski definition) is 3. The molecule has 0 saturated heterocycles. The summed E-state index contributed by atoms with van der Waals surface area (Å²) in [4.78, 5) is 13.7. The first kappa shape index (κ1) is 13.4. The van der Waals surface area contributed by atoms with Crippen LogP contribution in [0.1, 0.15) is 17.7 Å². The molecule has 0 amide bonds. The lowest BCUT2D eigenvalue weighted by molar-refractivity contribution is -0.141. The fraction of sp³-hybridized carbons (Fsp3) is 0.400. The average molecular weight is 248 g/mol. The molecule has 1 aromatic heterocycles. The van der Waals surface area contributed by atoms with E-state index >= 15 is 0 Å². The number of alkyl halides is 3. The molecule has 3 N–H and O–H groups in total. The molecular weight excluding hydrogens is 237 g/mol. The Morgan fingerprint density at radius 1 is 1.47 bits per heavy atom. The molecule has 4 nitrogen and oxygen atoms in total. The number of carboxylic acids is 1. The van der Waals surface area contributed by atoms with Crippen molar-refractivity contribution >= 4 is 5.97 Å². The van der Waals surface area contributed by atoms with Gasteiger partial charge < -0.3 is 10.8 Å². The molecule has 0 aliphatic rings. The molecule has 1 atom stereocenters. The molecule has 1 unspecified atom stereocenters. The van der Waals surface area contributed by atoms with Crippen LogP contribution in [-0.4, -0.2) is 22.1 Å². The molecule has 7 heteroatoms. The summed E-state index contributed by atoms with van der Waals surface area (Å²) < 4.78 is 36.5. The Balaban J connectivity index is 2.60. The zero-order valence-electron chi connectivity index (χ0n) is 8.74. The van der Waals surface area contributed by atoms with Gasteiger partial charge in [-0.1, -0.05) is 6.07 Å². The third-order valence-electron chi connectivity index (χ3n) is 2.18. The van der Waals surface area contributed by atoms with Crippen LogP contribution in [0.5, 0.6) is 0 Å². The van der Waals surface area contributed by atoms with E-state index in [0.29, 0.717) is 5.56 Å². The van der Waals surface area contributed by atoms with Crippen molar-refractivity contribution in [2.75, 3.05) is 0 Å². The van der Waals surface area contributed by atoms with E-state index in [1.807, 2.05) is 0 Å². The maximum absolute atomic E-state index is 12.2. The van der Waals surface area contributed by atoms with Crippen molar-refractivity contribution in [1.29, 1.82) is 0 Å². The molecular formula is C10H11F3N2O2. The van der Waals surface area contributed by atoms with Crippen LogP contribution in [0.3, 0.4) is 0 Å². The first-order valence-corrected chi connectivity index (χ1v) is 4.81. The van der Waals surface area contributed by atoms with Gasteiger partial charge in [0.15, 0.2) is 0 Å². The second-order valence-corrected chi connectivity index (χ2v) is 3.53. The van der Waals surface area contributed by atoms with Crippen LogP contribution >= 0.6 is 0 Å². The minimum atomic E-state index is -4.46. The summed E-state index contributed by atoms with van der Waals surface area (Å²) in [7, 11) is 0. The number of rotatable bonds is 4. The third-order valence-corrected chi connectivity index (χ3v) is 2.18. The predicted octanol–water partition coefficient (Wildman–Crippen LogP) is 1.44. The quantitative estimate of drug-likeness (QED) is 0.845. The largest absolute Gasteiger partial charge is 0.480 e. The normalized spacial score (nSPS) is 13.4. The van der Waals surface area contributed by atoms with E-state index in [2.05, 4.69) is 4.98 Å². The van der Waals surface area contributed by atoms with Gasteiger partial charge in [-0.05, 0) is 24.5 Å². The molecule has 0 spiro atoms. The van der Waals surface area contributed by atoms with Crippen molar-refractivity contribution in [2.24, 2.45) is 5.73 Å². The molecule has 0 bridgehead atoms. The predicted molar refractivity (Wildman–Crippen MR) is 53.2 cm³/mol. The number of aliphatic carboxylic acids is 1. The minimum absolute atomic E-state index is 0.155. The number of carbonyl (C=O) groups is 1. The van der Waals surface area contributed by atoms with Crippen LogP contribution < -0.4 is 5.73 Å². The van der Waals surface area contributed by atoms with Crippen LogP contribution in [0.2, 0.25) is 0 Å². The molecule has 1 heterocycles. The number of carboxylic acid groups (broad SMARTS) is 1. The standard InChI is InChI=1S/C10H11F3N2O2/c11-10(12,13)8-4-2-6(5-15-8)1-3-7(14)9(16)17/h2,4-5,7H,1,3,14H2,(H,16,17). The third kappa shape index (κ3) is 4.03. The second kappa shape index (κ2) is 5.13. The highest BCUT2D eigenvalue weighted by Gasteiger charge is 2.31. The summed E-state index contributed by atoms with van der Waals surface area (Å²) in [6, 6.07) is 1.11. The fourth-order valence-electron chi connectivity index (χ4n) is 1.19. The van der Waals surface area contributed by atoms with Crippen LogP contribution in [0.15, 0.2) is 18.3 Å². The van der Waals surface area contributed by atoms with E-state index in [-0.39, 0.29) is 12.8 Å². The second-order valence-electron chi connectivity index (χ2n) is 3.53. The van der Waals surface area contributed by atoms with Crippen LogP contribution in [0.4, 0.5) is 13.2 Å². The Morgan fingerprint density at radius 2 is 2.12 bits per heavy atom. The molecule has 94 valence electrons. The van der Waals surface area contributed by atoms with Crippen molar-refractivity contribution in [2.45, 2.75) is 25.1 Å². The number of nitrogens with two attached hydrogens (primary N) is 1. The molecule has 0 aromatic carbocycles. The van der Waals surface area contributed by atoms with Crippen molar-refractivity contribution in [3.8, 4) is 0 Å². The number of aryl methyl sites for hydroxylation is 1. The van der Waals surface area contributed by atoms with E-state index in [4.69, 9.17) is 10.8 Å². The van der Waals surface area contributed by atoms with E-state index in [9.17, 15) is 18.0 Å². The fourth-order valence-corrected chi connectivity index (χ4v) is 1.19. The van der Waals surface area contributed by atoms with Gasteiger partial charge in [-0.25, -0.2) is 0 Å². The SMILES string of the molecule is NC(CCc1ccc(C(F)(F)F)nc1)C(=O)O. The summed E-state index contributed by atoms with van der Waals surface area (Å²) in [6.45, 7) is 0. The number of halogens is 3. The van der Waals surface area contributed by atoms with Crippen LogP contribution in [0, 0.1) is 0 Å². The molecule has 0 radical (unpaired) electrons. The maximum atomic E-state index is 12.2. The lowest BCUT2D eigenvalue weighted by Crippen LogP contribution is -2.30. The number of pyridine rings is 1. The molecule has 1 rings (SSSR count). The Bertz CT molecular complexity index is 390. The Kier molecular flexibility index (Phi) is 4.06. The molecule has 17 heavy (non-hydrogen) atoms. The van der Waals surface area contributed by atoms with Gasteiger partial charge in [0.25, 0.3) is 0 Å². The lowest BCUT2D eigenvalue weighted by atomic mass is 10.1.